The van der Waals surface area contributed by atoms with Gasteiger partial charge in [0.25, 0.3) is 0 Å². The van der Waals surface area contributed by atoms with Crippen molar-refractivity contribution in [3.05, 3.63) is 42.0 Å². The summed E-state index contributed by atoms with van der Waals surface area (Å²) in [4.78, 5) is 2.07. The molecule has 0 radical (unpaired) electrons. The number of ether oxygens (including phenoxy) is 3. The normalized spacial score (nSPS) is 12.5. The average molecular weight is 487 g/mol. The number of benzene rings is 2. The Kier molecular flexibility index (Phi) is 10.4. The summed E-state index contributed by atoms with van der Waals surface area (Å²) in [5.74, 6) is 2.72. The monoisotopic (exact) mass is 486 g/mol. The number of methoxy groups -OCH3 is 1. The Balaban J connectivity index is 2.01. The van der Waals surface area contributed by atoms with Crippen LogP contribution in [0.15, 0.2) is 46.2 Å². The summed E-state index contributed by atoms with van der Waals surface area (Å²) >= 11 is 4.27. The van der Waals surface area contributed by atoms with Crippen LogP contribution in [0.25, 0.3) is 0 Å². The van der Waals surface area contributed by atoms with E-state index in [0.717, 1.165) is 39.0 Å². The quantitative estimate of drug-likeness (QED) is 0.147. The molecule has 166 valence electrons. The summed E-state index contributed by atoms with van der Waals surface area (Å²) in [5, 5.41) is 9.65. The van der Waals surface area contributed by atoms with Gasteiger partial charge in [-0.15, -0.1) is 11.7 Å². The number of hydrogen-bond donors (Lipinski definition) is 2. The Hall–Kier alpha value is -0.800. The molecule has 0 fully saturated rings. The highest BCUT2D eigenvalue weighted by Crippen LogP contribution is 2.40. The summed E-state index contributed by atoms with van der Waals surface area (Å²) in [7, 11) is 6.24. The van der Waals surface area contributed by atoms with Gasteiger partial charge in [-0.05, 0) is 54.5 Å². The van der Waals surface area contributed by atoms with E-state index in [-0.39, 0.29) is 18.1 Å². The van der Waals surface area contributed by atoms with E-state index < -0.39 is 0 Å². The molecule has 0 saturated carbocycles. The van der Waals surface area contributed by atoms with Crippen molar-refractivity contribution < 1.29 is 19.3 Å². The van der Waals surface area contributed by atoms with Crippen molar-refractivity contribution in [2.75, 3.05) is 19.7 Å². The summed E-state index contributed by atoms with van der Waals surface area (Å²) in [6, 6.07) is 11.9. The fourth-order valence-electron chi connectivity index (χ4n) is 2.60. The maximum Gasteiger partial charge on any atom is 0.163 e. The Morgan fingerprint density at radius 3 is 2.40 bits per heavy atom. The molecule has 0 aliphatic carbocycles. The number of aliphatic hydroxyl groups excluding tert-OH is 1. The van der Waals surface area contributed by atoms with E-state index in [2.05, 4.69) is 18.6 Å². The SMILES string of the molecule is CCC(C)Oc1ccc(SS)cc1OCSSc1ccc(C(C)(C)CO)c(OC)c1. The number of hydrogen-bond acceptors (Lipinski definition) is 8. The molecule has 0 saturated heterocycles. The zero-order chi connectivity index (χ0) is 22.1. The molecule has 30 heavy (non-hydrogen) atoms. The van der Waals surface area contributed by atoms with Gasteiger partial charge in [0.2, 0.25) is 0 Å². The maximum absolute atomic E-state index is 9.65. The van der Waals surface area contributed by atoms with E-state index in [9.17, 15) is 5.11 Å². The van der Waals surface area contributed by atoms with Crippen molar-refractivity contribution in [3.63, 3.8) is 0 Å². The van der Waals surface area contributed by atoms with E-state index in [0.29, 0.717) is 5.94 Å². The second-order valence-electron chi connectivity index (χ2n) is 7.40. The van der Waals surface area contributed by atoms with Gasteiger partial charge >= 0.3 is 0 Å². The van der Waals surface area contributed by atoms with Crippen molar-refractivity contribution in [1.29, 1.82) is 0 Å². The average Bonchev–Trinajstić information content (AvgIpc) is 2.77. The molecule has 0 spiro atoms. The summed E-state index contributed by atoms with van der Waals surface area (Å²) in [6.45, 7) is 8.19. The van der Waals surface area contributed by atoms with E-state index in [1.165, 1.54) is 10.8 Å². The van der Waals surface area contributed by atoms with Gasteiger partial charge in [0, 0.05) is 20.8 Å². The molecule has 0 amide bonds. The lowest BCUT2D eigenvalue weighted by Crippen LogP contribution is -2.22. The Bertz CT molecular complexity index is 814. The second-order valence-corrected chi connectivity index (χ2v) is 10.9. The maximum atomic E-state index is 9.65. The number of thiol groups is 1. The molecule has 0 bridgehead atoms. The fraction of sp³-hybridized carbons (Fsp3) is 0.455. The third-order valence-corrected chi connectivity index (χ3v) is 7.73. The lowest BCUT2D eigenvalue weighted by atomic mass is 9.85. The summed E-state index contributed by atoms with van der Waals surface area (Å²) < 4.78 is 17.5. The highest BCUT2D eigenvalue weighted by atomic mass is 33.1. The molecule has 0 aromatic heterocycles. The zero-order valence-corrected chi connectivity index (χ0v) is 21.4. The first kappa shape index (κ1) is 25.5. The van der Waals surface area contributed by atoms with Gasteiger partial charge in [-0.25, -0.2) is 0 Å². The van der Waals surface area contributed by atoms with Gasteiger partial charge in [-0.1, -0.05) is 48.4 Å². The van der Waals surface area contributed by atoms with Crippen LogP contribution in [0.1, 0.15) is 39.7 Å². The van der Waals surface area contributed by atoms with Crippen molar-refractivity contribution >= 4 is 44.0 Å². The van der Waals surface area contributed by atoms with Crippen LogP contribution in [-0.2, 0) is 5.41 Å². The van der Waals surface area contributed by atoms with Crippen LogP contribution in [0.3, 0.4) is 0 Å². The molecule has 2 rings (SSSR count). The number of aliphatic hydroxyl groups is 1. The first-order valence-electron chi connectivity index (χ1n) is 9.68. The van der Waals surface area contributed by atoms with Crippen molar-refractivity contribution in [1.82, 2.24) is 0 Å². The van der Waals surface area contributed by atoms with Gasteiger partial charge in [-0.2, -0.15) is 0 Å². The first-order chi connectivity index (χ1) is 14.3. The van der Waals surface area contributed by atoms with Crippen LogP contribution in [0.2, 0.25) is 0 Å². The van der Waals surface area contributed by atoms with Crippen LogP contribution >= 0.6 is 44.0 Å². The highest BCUT2D eigenvalue weighted by Gasteiger charge is 2.23. The van der Waals surface area contributed by atoms with Crippen molar-refractivity contribution in [3.8, 4) is 17.2 Å². The Morgan fingerprint density at radius 2 is 1.77 bits per heavy atom. The van der Waals surface area contributed by atoms with Gasteiger partial charge in [0.1, 0.15) is 11.7 Å². The molecule has 1 unspecified atom stereocenters. The minimum Gasteiger partial charge on any atom is -0.496 e. The molecular formula is C22H30O4S4. The number of rotatable bonds is 12. The minimum absolute atomic E-state index is 0.0587. The van der Waals surface area contributed by atoms with Crippen LogP contribution < -0.4 is 14.2 Å². The smallest absolute Gasteiger partial charge is 0.163 e. The predicted octanol–water partition coefficient (Wildman–Crippen LogP) is 6.86. The van der Waals surface area contributed by atoms with Crippen molar-refractivity contribution in [2.24, 2.45) is 0 Å². The molecule has 0 aliphatic rings. The molecule has 2 aromatic rings. The van der Waals surface area contributed by atoms with Gasteiger partial charge in [0.15, 0.2) is 11.5 Å². The third kappa shape index (κ3) is 7.12. The lowest BCUT2D eigenvalue weighted by Gasteiger charge is -2.25. The Labute approximate surface area is 197 Å². The third-order valence-electron chi connectivity index (χ3n) is 4.64. The van der Waals surface area contributed by atoms with Gasteiger partial charge < -0.3 is 19.3 Å². The molecule has 2 aromatic carbocycles. The lowest BCUT2D eigenvalue weighted by molar-refractivity contribution is 0.206. The highest BCUT2D eigenvalue weighted by molar-refractivity contribution is 8.76. The van der Waals surface area contributed by atoms with Crippen LogP contribution in [0, 0.1) is 0 Å². The Morgan fingerprint density at radius 1 is 1.07 bits per heavy atom. The van der Waals surface area contributed by atoms with Gasteiger partial charge in [0.05, 0.1) is 19.8 Å². The molecular weight excluding hydrogens is 457 g/mol. The van der Waals surface area contributed by atoms with E-state index >= 15 is 0 Å². The molecule has 4 nitrogen and oxygen atoms in total. The van der Waals surface area contributed by atoms with E-state index in [1.54, 1.807) is 28.7 Å². The standard InChI is InChI=1S/C22H30O4S4/c1-6-15(2)26-19-10-8-16(29-27)11-21(19)25-14-28-30-17-7-9-18(20(12-17)24-5)22(3,4)13-23/h7-12,15,23,27H,6,13-14H2,1-5H3. The fourth-order valence-corrected chi connectivity index (χ4v) is 4.88. The van der Waals surface area contributed by atoms with Crippen molar-refractivity contribution in [2.45, 2.75) is 55.4 Å². The van der Waals surface area contributed by atoms with Crippen LogP contribution in [0.4, 0.5) is 0 Å². The van der Waals surface area contributed by atoms with E-state index in [4.69, 9.17) is 14.2 Å². The molecule has 0 heterocycles. The topological polar surface area (TPSA) is 47.9 Å². The second kappa shape index (κ2) is 12.3. The largest absolute Gasteiger partial charge is 0.496 e. The molecule has 1 N–H and O–H groups in total. The predicted molar refractivity (Wildman–Crippen MR) is 134 cm³/mol. The van der Waals surface area contributed by atoms with Crippen LogP contribution in [-0.4, -0.2) is 30.9 Å². The molecule has 0 aliphatic heterocycles. The summed E-state index contributed by atoms with van der Waals surface area (Å²) in [6.07, 6.45) is 1.05. The zero-order valence-electron chi connectivity index (χ0n) is 18.0. The molecule has 1 atom stereocenters. The van der Waals surface area contributed by atoms with E-state index in [1.807, 2.05) is 57.2 Å². The van der Waals surface area contributed by atoms with Crippen LogP contribution in [0.5, 0.6) is 17.2 Å². The molecule has 8 heteroatoms. The van der Waals surface area contributed by atoms with Gasteiger partial charge in [-0.3, -0.25) is 0 Å². The first-order valence-corrected chi connectivity index (χ1v) is 13.9. The minimum atomic E-state index is -0.354. The summed E-state index contributed by atoms with van der Waals surface area (Å²) in [5.41, 5.74) is 0.637.